The zero-order chi connectivity index (χ0) is 32.4. The number of allylic oxidation sites excluding steroid dienone is 7. The van der Waals surface area contributed by atoms with E-state index in [-0.39, 0.29) is 5.41 Å². The van der Waals surface area contributed by atoms with E-state index in [0.717, 1.165) is 30.7 Å². The molecule has 1 aliphatic heterocycles. The van der Waals surface area contributed by atoms with Crippen molar-refractivity contribution < 1.29 is 0 Å². The van der Waals surface area contributed by atoms with Gasteiger partial charge in [0.2, 0.25) is 0 Å². The van der Waals surface area contributed by atoms with Crippen molar-refractivity contribution in [2.45, 2.75) is 51.4 Å². The zero-order valence-electron chi connectivity index (χ0n) is 27.8. The molecular weight excluding hydrogens is 581 g/mol. The molecule has 0 saturated heterocycles. The van der Waals surface area contributed by atoms with E-state index in [9.17, 15) is 0 Å². The van der Waals surface area contributed by atoms with Crippen LogP contribution in [-0.2, 0) is 5.41 Å². The molecule has 4 aliphatic rings. The van der Waals surface area contributed by atoms with E-state index in [1.54, 1.807) is 0 Å². The Hall–Kier alpha value is -5.34. The van der Waals surface area contributed by atoms with Gasteiger partial charge in [-0.2, -0.15) is 0 Å². The Morgan fingerprint density at radius 1 is 0.812 bits per heavy atom. The van der Waals surface area contributed by atoms with E-state index in [1.165, 1.54) is 77.9 Å². The molecular formula is C46H38N2. The highest BCUT2D eigenvalue weighted by atomic mass is 14.8. The Labute approximate surface area is 283 Å². The summed E-state index contributed by atoms with van der Waals surface area (Å²) in [5, 5.41) is 0. The molecule has 2 nitrogen and oxygen atoms in total. The van der Waals surface area contributed by atoms with E-state index in [0.29, 0.717) is 5.92 Å². The standard InChI is InChI=1S/C46H38N2/c1-4-5-14-36-35-15-6-8-17-40(35)46-41-18-9-7-16-37(41)38-23-22-34(30(3)45(38)46)39-27-32(20-21-33(39)29(2)26-42(36)46)31-13-12-25-48-44(28-31)43-19-10-11-24-47-43/h5-11,13-25,27-29H,4,12,26H2,1-3H3/b14-5-/t29-,46?/m1/s1. The third-order valence-corrected chi connectivity index (χ3v) is 11.0. The Kier molecular flexibility index (Phi) is 6.69. The molecule has 1 unspecified atom stereocenters. The number of benzene rings is 4. The predicted molar refractivity (Wildman–Crippen MR) is 201 cm³/mol. The average Bonchev–Trinajstić information content (AvgIpc) is 3.42. The molecule has 0 fully saturated rings. The van der Waals surface area contributed by atoms with E-state index in [2.05, 4.69) is 129 Å². The topological polar surface area (TPSA) is 25.2 Å². The normalized spacial score (nSPS) is 20.2. The van der Waals surface area contributed by atoms with Crippen LogP contribution in [0.5, 0.6) is 0 Å². The second-order valence-electron chi connectivity index (χ2n) is 13.6. The summed E-state index contributed by atoms with van der Waals surface area (Å²) in [5.74, 6) is 0.316. The lowest BCUT2D eigenvalue weighted by Crippen LogP contribution is -2.29. The SMILES string of the molecule is CC/C=C\C1=C2C[C@@H](C)c3ccc(C4=CCC=NC(c5ccccn5)=C4)cc3-c3ccc4c(c3C)C2(c2ccccc21)c1ccccc1-4. The zero-order valence-corrected chi connectivity index (χ0v) is 27.8. The van der Waals surface area contributed by atoms with Crippen LogP contribution in [0.15, 0.2) is 138 Å². The highest BCUT2D eigenvalue weighted by molar-refractivity contribution is 5.99. The lowest BCUT2D eigenvalue weighted by atomic mass is 9.66. The molecule has 2 heteroatoms. The van der Waals surface area contributed by atoms with Gasteiger partial charge in [-0.25, -0.2) is 0 Å². The fourth-order valence-corrected chi connectivity index (χ4v) is 8.99. The Bertz CT molecular complexity index is 2290. The molecule has 0 radical (unpaired) electrons. The molecule has 3 aliphatic carbocycles. The van der Waals surface area contributed by atoms with Gasteiger partial charge >= 0.3 is 0 Å². The molecule has 2 heterocycles. The smallest absolute Gasteiger partial charge is 0.0888 e. The second kappa shape index (κ2) is 11.1. The van der Waals surface area contributed by atoms with Crippen LogP contribution in [0.2, 0.25) is 0 Å². The van der Waals surface area contributed by atoms with Crippen molar-refractivity contribution in [3.63, 3.8) is 0 Å². The van der Waals surface area contributed by atoms with Crippen molar-refractivity contribution in [3.8, 4) is 22.3 Å². The molecule has 2 bridgehead atoms. The lowest BCUT2D eigenvalue weighted by Gasteiger charge is -2.34. The molecule has 2 atom stereocenters. The van der Waals surface area contributed by atoms with E-state index < -0.39 is 0 Å². The highest BCUT2D eigenvalue weighted by Crippen LogP contribution is 2.65. The number of nitrogens with zero attached hydrogens (tertiary/aromatic N) is 2. The molecule has 0 N–H and O–H groups in total. The maximum Gasteiger partial charge on any atom is 0.0888 e. The Morgan fingerprint density at radius 2 is 1.58 bits per heavy atom. The Balaban J connectivity index is 1.31. The molecule has 232 valence electrons. The molecule has 5 aromatic rings. The minimum absolute atomic E-state index is 0.309. The van der Waals surface area contributed by atoms with Crippen molar-refractivity contribution in [1.29, 1.82) is 0 Å². The van der Waals surface area contributed by atoms with Gasteiger partial charge in [-0.1, -0.05) is 111 Å². The van der Waals surface area contributed by atoms with Gasteiger partial charge in [0.25, 0.3) is 0 Å². The largest absolute Gasteiger partial charge is 0.259 e. The van der Waals surface area contributed by atoms with Crippen molar-refractivity contribution in [3.05, 3.63) is 178 Å². The van der Waals surface area contributed by atoms with E-state index in [4.69, 9.17) is 4.99 Å². The first-order chi connectivity index (χ1) is 23.6. The van der Waals surface area contributed by atoms with Crippen molar-refractivity contribution >= 4 is 23.1 Å². The van der Waals surface area contributed by atoms with E-state index in [1.807, 2.05) is 30.6 Å². The van der Waals surface area contributed by atoms with Gasteiger partial charge in [-0.15, -0.1) is 0 Å². The summed E-state index contributed by atoms with van der Waals surface area (Å²) < 4.78 is 0. The van der Waals surface area contributed by atoms with Gasteiger partial charge in [0.05, 0.1) is 16.8 Å². The van der Waals surface area contributed by atoms with Gasteiger partial charge < -0.3 is 0 Å². The molecule has 4 aromatic carbocycles. The summed E-state index contributed by atoms with van der Waals surface area (Å²) in [6, 6.07) is 36.4. The summed E-state index contributed by atoms with van der Waals surface area (Å²) in [5.41, 5.74) is 20.7. The fourth-order valence-electron chi connectivity index (χ4n) is 8.99. The minimum Gasteiger partial charge on any atom is -0.259 e. The summed E-state index contributed by atoms with van der Waals surface area (Å²) in [4.78, 5) is 9.38. The molecule has 1 aromatic heterocycles. The van der Waals surface area contributed by atoms with Gasteiger partial charge in [0.1, 0.15) is 0 Å². The van der Waals surface area contributed by atoms with Gasteiger partial charge in [0, 0.05) is 18.8 Å². The Morgan fingerprint density at radius 3 is 2.40 bits per heavy atom. The van der Waals surface area contributed by atoms with Crippen molar-refractivity contribution in [2.24, 2.45) is 4.99 Å². The number of rotatable bonds is 4. The van der Waals surface area contributed by atoms with Gasteiger partial charge in [-0.05, 0) is 128 Å². The molecule has 1 spiro atoms. The number of hydrogen-bond donors (Lipinski definition) is 0. The van der Waals surface area contributed by atoms with Gasteiger partial charge in [-0.3, -0.25) is 9.98 Å². The average molecular weight is 619 g/mol. The lowest BCUT2D eigenvalue weighted by molar-refractivity contribution is 0.657. The number of fused-ring (bicyclic) bond motifs is 6. The maximum absolute atomic E-state index is 4.78. The fraction of sp³-hybridized carbons (Fsp3) is 0.174. The molecule has 9 rings (SSSR count). The van der Waals surface area contributed by atoms with Crippen LogP contribution < -0.4 is 0 Å². The number of aliphatic imine (C=N–C) groups is 1. The molecule has 0 saturated carbocycles. The summed E-state index contributed by atoms with van der Waals surface area (Å²) in [6.45, 7) is 7.05. The first-order valence-electron chi connectivity index (χ1n) is 17.4. The predicted octanol–water partition coefficient (Wildman–Crippen LogP) is 11.5. The van der Waals surface area contributed by atoms with Crippen molar-refractivity contribution in [1.82, 2.24) is 4.98 Å². The van der Waals surface area contributed by atoms with Gasteiger partial charge in [0.15, 0.2) is 0 Å². The minimum atomic E-state index is -0.309. The third-order valence-electron chi connectivity index (χ3n) is 11.0. The summed E-state index contributed by atoms with van der Waals surface area (Å²) >= 11 is 0. The van der Waals surface area contributed by atoms with Crippen LogP contribution in [0.25, 0.3) is 39.1 Å². The van der Waals surface area contributed by atoms with Crippen LogP contribution in [-0.4, -0.2) is 11.2 Å². The van der Waals surface area contributed by atoms with Crippen LogP contribution in [0, 0.1) is 6.92 Å². The molecule has 0 amide bonds. The second-order valence-corrected chi connectivity index (χ2v) is 13.6. The van der Waals surface area contributed by atoms with Crippen LogP contribution in [0.3, 0.4) is 0 Å². The first-order valence-corrected chi connectivity index (χ1v) is 17.4. The quantitative estimate of drug-likeness (QED) is 0.197. The van der Waals surface area contributed by atoms with Crippen LogP contribution >= 0.6 is 0 Å². The maximum atomic E-state index is 4.78. The number of hydrogen-bond acceptors (Lipinski definition) is 2. The summed E-state index contributed by atoms with van der Waals surface area (Å²) in [6.07, 6.45) is 15.9. The van der Waals surface area contributed by atoms with E-state index >= 15 is 0 Å². The monoisotopic (exact) mass is 618 g/mol. The highest BCUT2D eigenvalue weighted by Gasteiger charge is 2.53. The van der Waals surface area contributed by atoms with Crippen molar-refractivity contribution in [2.75, 3.05) is 0 Å². The first kappa shape index (κ1) is 28.8. The third kappa shape index (κ3) is 4.05. The number of pyridine rings is 1. The number of aromatic nitrogens is 1. The summed E-state index contributed by atoms with van der Waals surface area (Å²) in [7, 11) is 0. The molecule has 48 heavy (non-hydrogen) atoms. The van der Waals surface area contributed by atoms with Crippen LogP contribution in [0.4, 0.5) is 0 Å². The van der Waals surface area contributed by atoms with Crippen LogP contribution in [0.1, 0.15) is 83.7 Å².